The highest BCUT2D eigenvalue weighted by molar-refractivity contribution is 8.02. The molecular formula is C25H24N2O3S. The lowest BCUT2D eigenvalue weighted by Crippen LogP contribution is -2.53. The third-order valence-electron chi connectivity index (χ3n) is 6.30. The van der Waals surface area contributed by atoms with Crippen LogP contribution in [0.3, 0.4) is 0 Å². The van der Waals surface area contributed by atoms with Gasteiger partial charge in [-0.3, -0.25) is 14.5 Å². The predicted octanol–water partition coefficient (Wildman–Crippen LogP) is 4.56. The van der Waals surface area contributed by atoms with Gasteiger partial charge in [0.05, 0.1) is 17.7 Å². The van der Waals surface area contributed by atoms with Crippen molar-refractivity contribution in [3.63, 3.8) is 0 Å². The molecule has 0 aromatic heterocycles. The predicted molar refractivity (Wildman–Crippen MR) is 125 cm³/mol. The second-order valence-corrected chi connectivity index (χ2v) is 9.32. The van der Waals surface area contributed by atoms with Crippen LogP contribution in [0.4, 0.5) is 5.69 Å². The van der Waals surface area contributed by atoms with Crippen molar-refractivity contribution in [2.75, 3.05) is 30.9 Å². The average molecular weight is 433 g/mol. The van der Waals surface area contributed by atoms with Crippen LogP contribution in [0, 0.1) is 0 Å². The summed E-state index contributed by atoms with van der Waals surface area (Å²) in [5, 5.41) is 2.06. The lowest BCUT2D eigenvalue weighted by atomic mass is 9.98. The smallest absolute Gasteiger partial charge is 0.254 e. The van der Waals surface area contributed by atoms with Crippen LogP contribution in [-0.2, 0) is 4.79 Å². The number of rotatable bonds is 3. The number of carbonyl (C=O) groups is 2. The Morgan fingerprint density at radius 3 is 2.42 bits per heavy atom. The Labute approximate surface area is 186 Å². The Kier molecular flexibility index (Phi) is 5.10. The highest BCUT2D eigenvalue weighted by Crippen LogP contribution is 2.47. The van der Waals surface area contributed by atoms with Crippen LogP contribution in [0.25, 0.3) is 10.8 Å². The molecule has 2 saturated heterocycles. The molecular weight excluding hydrogens is 408 g/mol. The van der Waals surface area contributed by atoms with Gasteiger partial charge < -0.3 is 9.64 Å². The minimum atomic E-state index is -0.290. The summed E-state index contributed by atoms with van der Waals surface area (Å²) in [7, 11) is 1.63. The van der Waals surface area contributed by atoms with Crippen molar-refractivity contribution in [1.29, 1.82) is 0 Å². The van der Waals surface area contributed by atoms with Crippen LogP contribution in [0.5, 0.6) is 5.75 Å². The van der Waals surface area contributed by atoms with E-state index >= 15 is 0 Å². The quantitative estimate of drug-likeness (QED) is 0.609. The largest absolute Gasteiger partial charge is 0.497 e. The highest BCUT2D eigenvalue weighted by Gasteiger charge is 2.49. The molecule has 3 aromatic rings. The van der Waals surface area contributed by atoms with E-state index in [1.807, 2.05) is 76.5 Å². The number of likely N-dealkylation sites (tertiary alicyclic amines) is 1. The molecule has 2 amide bonds. The van der Waals surface area contributed by atoms with E-state index in [9.17, 15) is 9.59 Å². The lowest BCUT2D eigenvalue weighted by molar-refractivity contribution is -0.116. The van der Waals surface area contributed by atoms with E-state index in [0.29, 0.717) is 18.8 Å². The van der Waals surface area contributed by atoms with Crippen LogP contribution in [0.2, 0.25) is 0 Å². The van der Waals surface area contributed by atoms with E-state index in [0.717, 1.165) is 40.6 Å². The van der Waals surface area contributed by atoms with Crippen LogP contribution < -0.4 is 9.64 Å². The number of thioether (sulfide) groups is 1. The number of methoxy groups -OCH3 is 1. The summed E-state index contributed by atoms with van der Waals surface area (Å²) in [5.41, 5.74) is 1.64. The average Bonchev–Trinajstić information content (AvgIpc) is 3.14. The van der Waals surface area contributed by atoms with Crippen LogP contribution in [0.1, 0.15) is 23.2 Å². The number of nitrogens with zero attached hydrogens (tertiary/aromatic N) is 2. The van der Waals surface area contributed by atoms with Gasteiger partial charge in [0.2, 0.25) is 5.91 Å². The third-order valence-corrected chi connectivity index (χ3v) is 7.82. The first kappa shape index (κ1) is 19.9. The monoisotopic (exact) mass is 432 g/mol. The number of hydrogen-bond acceptors (Lipinski definition) is 4. The van der Waals surface area contributed by atoms with Crippen LogP contribution in [-0.4, -0.2) is 47.5 Å². The maximum absolute atomic E-state index is 13.3. The fraction of sp³-hybridized carbons (Fsp3) is 0.280. The summed E-state index contributed by atoms with van der Waals surface area (Å²) in [6.07, 6.45) is 1.51. The van der Waals surface area contributed by atoms with Gasteiger partial charge in [0, 0.05) is 24.3 Å². The SMILES string of the molecule is COc1ccc(N2C(=O)CSC23CCN(C(=O)c2cccc4ccccc24)CC3)cc1. The molecule has 0 aliphatic carbocycles. The first-order valence-corrected chi connectivity index (χ1v) is 11.5. The molecule has 0 saturated carbocycles. The number of hydrogen-bond donors (Lipinski definition) is 0. The van der Waals surface area contributed by atoms with Gasteiger partial charge in [-0.15, -0.1) is 11.8 Å². The number of carbonyl (C=O) groups excluding carboxylic acids is 2. The lowest BCUT2D eigenvalue weighted by Gasteiger charge is -2.44. The molecule has 3 aromatic carbocycles. The number of fused-ring (bicyclic) bond motifs is 1. The van der Waals surface area contributed by atoms with Crippen LogP contribution >= 0.6 is 11.8 Å². The number of anilines is 1. The molecule has 0 unspecified atom stereocenters. The summed E-state index contributed by atoms with van der Waals surface area (Å²) >= 11 is 1.71. The van der Waals surface area contributed by atoms with Crippen molar-refractivity contribution in [3.05, 3.63) is 72.3 Å². The van der Waals surface area contributed by atoms with E-state index < -0.39 is 0 Å². The molecule has 31 heavy (non-hydrogen) atoms. The maximum Gasteiger partial charge on any atom is 0.254 e. The van der Waals surface area contributed by atoms with E-state index in [2.05, 4.69) is 0 Å². The zero-order chi connectivity index (χ0) is 21.4. The first-order valence-electron chi connectivity index (χ1n) is 10.5. The fourth-order valence-electron chi connectivity index (χ4n) is 4.67. The Morgan fingerprint density at radius 2 is 1.68 bits per heavy atom. The normalized spacial score (nSPS) is 18.0. The highest BCUT2D eigenvalue weighted by atomic mass is 32.2. The maximum atomic E-state index is 13.3. The van der Waals surface area contributed by atoms with Gasteiger partial charge >= 0.3 is 0 Å². The molecule has 5 rings (SSSR count). The van der Waals surface area contributed by atoms with E-state index in [1.54, 1.807) is 18.9 Å². The number of ether oxygens (including phenoxy) is 1. The first-order chi connectivity index (χ1) is 15.1. The van der Waals surface area contributed by atoms with Gasteiger partial charge in [0.15, 0.2) is 0 Å². The molecule has 2 fully saturated rings. The zero-order valence-electron chi connectivity index (χ0n) is 17.4. The van der Waals surface area contributed by atoms with Gasteiger partial charge in [-0.2, -0.15) is 0 Å². The summed E-state index contributed by atoms with van der Waals surface area (Å²) in [4.78, 5) is 29.7. The Bertz CT molecular complexity index is 1130. The second-order valence-electron chi connectivity index (χ2n) is 7.98. The van der Waals surface area contributed by atoms with Gasteiger partial charge in [-0.1, -0.05) is 36.4 Å². The van der Waals surface area contributed by atoms with Crippen molar-refractivity contribution in [2.45, 2.75) is 17.7 Å². The molecule has 6 heteroatoms. The molecule has 0 radical (unpaired) electrons. The molecule has 0 atom stereocenters. The van der Waals surface area contributed by atoms with Crippen LogP contribution in [0.15, 0.2) is 66.7 Å². The van der Waals surface area contributed by atoms with E-state index in [-0.39, 0.29) is 16.7 Å². The van der Waals surface area contributed by atoms with Crippen molar-refractivity contribution >= 4 is 40.0 Å². The Hall–Kier alpha value is -2.99. The van der Waals surface area contributed by atoms with E-state index in [4.69, 9.17) is 4.74 Å². The van der Waals surface area contributed by atoms with Crippen molar-refractivity contribution in [3.8, 4) is 5.75 Å². The second kappa shape index (κ2) is 7.93. The van der Waals surface area contributed by atoms with Gasteiger partial charge in [-0.25, -0.2) is 0 Å². The summed E-state index contributed by atoms with van der Waals surface area (Å²) in [6.45, 7) is 1.27. The van der Waals surface area contributed by atoms with E-state index in [1.165, 1.54) is 0 Å². The molecule has 1 spiro atoms. The Balaban J connectivity index is 1.37. The number of piperidine rings is 1. The Morgan fingerprint density at radius 1 is 0.968 bits per heavy atom. The molecule has 2 aliphatic rings. The topological polar surface area (TPSA) is 49.9 Å². The van der Waals surface area contributed by atoms with Crippen molar-refractivity contribution in [2.24, 2.45) is 0 Å². The zero-order valence-corrected chi connectivity index (χ0v) is 18.2. The molecule has 0 N–H and O–H groups in total. The number of amides is 2. The van der Waals surface area contributed by atoms with Crippen molar-refractivity contribution in [1.82, 2.24) is 4.90 Å². The summed E-state index contributed by atoms with van der Waals surface area (Å²) in [5.74, 6) is 1.44. The minimum Gasteiger partial charge on any atom is -0.497 e. The third kappa shape index (κ3) is 3.45. The fourth-order valence-corrected chi connectivity index (χ4v) is 6.00. The van der Waals surface area contributed by atoms with Crippen molar-refractivity contribution < 1.29 is 14.3 Å². The summed E-state index contributed by atoms with van der Waals surface area (Å²) < 4.78 is 5.26. The standard InChI is InChI=1S/C25H24N2O3S/c1-30-20-11-9-19(10-12-20)27-23(28)17-31-25(27)13-15-26(16-14-25)24(29)22-8-4-6-18-5-2-3-7-21(18)22/h2-12H,13-17H2,1H3. The summed E-state index contributed by atoms with van der Waals surface area (Å²) in [6, 6.07) is 21.5. The van der Waals surface area contributed by atoms with Gasteiger partial charge in [0.25, 0.3) is 5.91 Å². The molecule has 158 valence electrons. The molecule has 2 heterocycles. The number of benzene rings is 3. The molecule has 0 bridgehead atoms. The van der Waals surface area contributed by atoms with Gasteiger partial charge in [-0.05, 0) is 53.9 Å². The molecule has 5 nitrogen and oxygen atoms in total. The molecule has 2 aliphatic heterocycles. The minimum absolute atomic E-state index is 0.0666. The van der Waals surface area contributed by atoms with Gasteiger partial charge in [0.1, 0.15) is 5.75 Å².